The van der Waals surface area contributed by atoms with Gasteiger partial charge in [-0.25, -0.2) is 9.97 Å². The first-order chi connectivity index (χ1) is 12.6. The second-order valence-corrected chi connectivity index (χ2v) is 6.33. The van der Waals surface area contributed by atoms with Gasteiger partial charge in [0.2, 0.25) is 11.8 Å². The summed E-state index contributed by atoms with van der Waals surface area (Å²) < 4.78 is 0. The zero-order valence-corrected chi connectivity index (χ0v) is 14.8. The maximum atomic E-state index is 12.2. The van der Waals surface area contributed by atoms with E-state index in [0.29, 0.717) is 28.0 Å². The van der Waals surface area contributed by atoms with Gasteiger partial charge in [0.05, 0.1) is 12.1 Å². The van der Waals surface area contributed by atoms with E-state index >= 15 is 0 Å². The highest BCUT2D eigenvalue weighted by atomic mass is 32.1. The predicted molar refractivity (Wildman–Crippen MR) is 103 cm³/mol. The van der Waals surface area contributed by atoms with Crippen molar-refractivity contribution in [1.29, 1.82) is 0 Å². The van der Waals surface area contributed by atoms with Crippen molar-refractivity contribution in [3.63, 3.8) is 0 Å². The molecule has 3 N–H and O–H groups in total. The van der Waals surface area contributed by atoms with E-state index < -0.39 is 0 Å². The van der Waals surface area contributed by atoms with Crippen molar-refractivity contribution in [3.05, 3.63) is 59.7 Å². The van der Waals surface area contributed by atoms with E-state index in [0.717, 1.165) is 0 Å². The SMILES string of the molecule is CC(=O)Nc1ccc(NC(=O)Cc2csc(Nc3ccccn3)n2)cc1. The number of anilines is 4. The maximum absolute atomic E-state index is 12.2. The fourth-order valence-corrected chi connectivity index (χ4v) is 2.92. The van der Waals surface area contributed by atoms with Crippen molar-refractivity contribution in [2.45, 2.75) is 13.3 Å². The van der Waals surface area contributed by atoms with E-state index in [-0.39, 0.29) is 18.2 Å². The lowest BCUT2D eigenvalue weighted by Crippen LogP contribution is -2.14. The number of pyridine rings is 1. The lowest BCUT2D eigenvalue weighted by molar-refractivity contribution is -0.116. The first-order valence-corrected chi connectivity index (χ1v) is 8.76. The molecular weight excluding hydrogens is 350 g/mol. The van der Waals surface area contributed by atoms with Crippen LogP contribution in [0.25, 0.3) is 0 Å². The Bertz CT molecular complexity index is 893. The molecule has 0 aliphatic heterocycles. The summed E-state index contributed by atoms with van der Waals surface area (Å²) in [6.45, 7) is 1.44. The van der Waals surface area contributed by atoms with Crippen LogP contribution in [0.5, 0.6) is 0 Å². The Morgan fingerprint density at radius 3 is 2.42 bits per heavy atom. The van der Waals surface area contributed by atoms with Crippen LogP contribution in [0.15, 0.2) is 54.0 Å². The van der Waals surface area contributed by atoms with Crippen molar-refractivity contribution in [2.75, 3.05) is 16.0 Å². The Labute approximate surface area is 154 Å². The number of nitrogens with zero attached hydrogens (tertiary/aromatic N) is 2. The third-order valence-corrected chi connectivity index (χ3v) is 4.09. The van der Waals surface area contributed by atoms with E-state index in [2.05, 4.69) is 25.9 Å². The molecule has 0 saturated carbocycles. The van der Waals surface area contributed by atoms with Crippen LogP contribution in [0.2, 0.25) is 0 Å². The predicted octanol–water partition coefficient (Wildman–Crippen LogP) is 3.42. The maximum Gasteiger partial charge on any atom is 0.230 e. The number of carbonyl (C=O) groups is 2. The quantitative estimate of drug-likeness (QED) is 0.620. The minimum absolute atomic E-state index is 0.138. The van der Waals surface area contributed by atoms with E-state index in [4.69, 9.17) is 0 Å². The fraction of sp³-hybridized carbons (Fsp3) is 0.111. The van der Waals surface area contributed by atoms with Crippen LogP contribution >= 0.6 is 11.3 Å². The zero-order chi connectivity index (χ0) is 18.4. The average molecular weight is 367 g/mol. The van der Waals surface area contributed by atoms with E-state index in [1.807, 2.05) is 23.6 Å². The molecule has 3 aromatic rings. The third kappa shape index (κ3) is 5.12. The monoisotopic (exact) mass is 367 g/mol. The van der Waals surface area contributed by atoms with Crippen molar-refractivity contribution >= 4 is 45.5 Å². The van der Waals surface area contributed by atoms with Crippen LogP contribution < -0.4 is 16.0 Å². The molecule has 2 heterocycles. The first kappa shape index (κ1) is 17.6. The number of rotatable bonds is 6. The molecule has 8 heteroatoms. The molecule has 0 unspecified atom stereocenters. The van der Waals surface area contributed by atoms with E-state index in [1.165, 1.54) is 18.3 Å². The van der Waals surface area contributed by atoms with Crippen molar-refractivity contribution in [1.82, 2.24) is 9.97 Å². The number of hydrogen-bond acceptors (Lipinski definition) is 6. The second-order valence-electron chi connectivity index (χ2n) is 5.47. The fourth-order valence-electron chi connectivity index (χ4n) is 2.20. The Balaban J connectivity index is 1.54. The van der Waals surface area contributed by atoms with Gasteiger partial charge in [0.15, 0.2) is 5.13 Å². The summed E-state index contributed by atoms with van der Waals surface area (Å²) in [6.07, 6.45) is 1.87. The van der Waals surface area contributed by atoms with Crippen molar-refractivity contribution in [3.8, 4) is 0 Å². The molecule has 26 heavy (non-hydrogen) atoms. The number of hydrogen-bond donors (Lipinski definition) is 3. The molecule has 132 valence electrons. The van der Waals surface area contributed by atoms with Gasteiger partial charge in [0, 0.05) is 29.9 Å². The van der Waals surface area contributed by atoms with Crippen molar-refractivity contribution in [2.24, 2.45) is 0 Å². The molecule has 7 nitrogen and oxygen atoms in total. The van der Waals surface area contributed by atoms with Gasteiger partial charge in [0.25, 0.3) is 0 Å². The molecule has 3 rings (SSSR count). The molecule has 0 atom stereocenters. The minimum atomic E-state index is -0.160. The van der Waals surface area contributed by atoms with Gasteiger partial charge < -0.3 is 16.0 Å². The molecular formula is C18H17N5O2S. The minimum Gasteiger partial charge on any atom is -0.326 e. The van der Waals surface area contributed by atoms with Gasteiger partial charge in [-0.05, 0) is 36.4 Å². The zero-order valence-electron chi connectivity index (χ0n) is 14.0. The number of thiazole rings is 1. The van der Waals surface area contributed by atoms with E-state index in [1.54, 1.807) is 30.5 Å². The van der Waals surface area contributed by atoms with Gasteiger partial charge in [-0.2, -0.15) is 0 Å². The van der Waals surface area contributed by atoms with Gasteiger partial charge in [-0.15, -0.1) is 11.3 Å². The van der Waals surface area contributed by atoms with Crippen LogP contribution in [-0.4, -0.2) is 21.8 Å². The summed E-state index contributed by atoms with van der Waals surface area (Å²) in [6, 6.07) is 12.5. The number of nitrogens with one attached hydrogen (secondary N) is 3. The normalized spacial score (nSPS) is 10.2. The Morgan fingerprint density at radius 2 is 1.77 bits per heavy atom. The van der Waals surface area contributed by atoms with Gasteiger partial charge >= 0.3 is 0 Å². The molecule has 0 saturated heterocycles. The molecule has 2 aromatic heterocycles. The summed E-state index contributed by atoms with van der Waals surface area (Å²) in [4.78, 5) is 31.7. The first-order valence-electron chi connectivity index (χ1n) is 7.88. The highest BCUT2D eigenvalue weighted by Gasteiger charge is 2.09. The Hall–Kier alpha value is -3.26. The molecule has 0 aliphatic rings. The van der Waals surface area contributed by atoms with Gasteiger partial charge in [-0.3, -0.25) is 9.59 Å². The van der Waals surface area contributed by atoms with E-state index in [9.17, 15) is 9.59 Å². The molecule has 0 bridgehead atoms. The summed E-state index contributed by atoms with van der Waals surface area (Å²) in [5.41, 5.74) is 2.02. The number of carbonyl (C=O) groups excluding carboxylic acids is 2. The topological polar surface area (TPSA) is 96.0 Å². The van der Waals surface area contributed by atoms with Crippen LogP contribution in [0.1, 0.15) is 12.6 Å². The average Bonchev–Trinajstić information content (AvgIpc) is 3.04. The number of aromatic nitrogens is 2. The largest absolute Gasteiger partial charge is 0.326 e. The molecule has 0 spiro atoms. The van der Waals surface area contributed by atoms with Crippen LogP contribution in [-0.2, 0) is 16.0 Å². The van der Waals surface area contributed by atoms with Crippen LogP contribution in [0.3, 0.4) is 0 Å². The number of amides is 2. The molecule has 0 aliphatic carbocycles. The van der Waals surface area contributed by atoms with Gasteiger partial charge in [-0.1, -0.05) is 6.07 Å². The molecule has 0 radical (unpaired) electrons. The summed E-state index contributed by atoms with van der Waals surface area (Å²) >= 11 is 1.42. The third-order valence-electron chi connectivity index (χ3n) is 3.28. The highest BCUT2D eigenvalue weighted by molar-refractivity contribution is 7.13. The van der Waals surface area contributed by atoms with Crippen molar-refractivity contribution < 1.29 is 9.59 Å². The lowest BCUT2D eigenvalue weighted by Gasteiger charge is -2.06. The Kier molecular flexibility index (Phi) is 5.55. The highest BCUT2D eigenvalue weighted by Crippen LogP contribution is 2.20. The summed E-state index contributed by atoms with van der Waals surface area (Å²) in [5, 5.41) is 11.1. The lowest BCUT2D eigenvalue weighted by atomic mass is 10.2. The molecule has 0 fully saturated rings. The second kappa shape index (κ2) is 8.21. The molecule has 1 aromatic carbocycles. The van der Waals surface area contributed by atoms with Crippen LogP contribution in [0, 0.1) is 0 Å². The smallest absolute Gasteiger partial charge is 0.230 e. The standard InChI is InChI=1S/C18H17N5O2S/c1-12(24)20-13-5-7-14(8-6-13)21-17(25)10-15-11-26-18(22-15)23-16-4-2-3-9-19-16/h2-9,11H,10H2,1H3,(H,20,24)(H,21,25)(H,19,22,23). The summed E-state index contributed by atoms with van der Waals surface area (Å²) in [7, 11) is 0. The molecule has 2 amide bonds. The van der Waals surface area contributed by atoms with Gasteiger partial charge in [0.1, 0.15) is 5.82 Å². The number of benzene rings is 1. The summed E-state index contributed by atoms with van der Waals surface area (Å²) in [5.74, 6) is 0.407. The Morgan fingerprint density at radius 1 is 1.04 bits per heavy atom. The van der Waals surface area contributed by atoms with Crippen LogP contribution in [0.4, 0.5) is 22.3 Å².